The number of rotatable bonds is 6. The molecule has 3 aromatic heterocycles. The first-order valence-corrected chi connectivity index (χ1v) is 11.9. The molecule has 4 aromatic rings. The fraction of sp³-hybridized carbons (Fsp3) is 0.333. The van der Waals surface area contributed by atoms with E-state index < -0.39 is 29.4 Å². The van der Waals surface area contributed by atoms with Gasteiger partial charge >= 0.3 is 6.09 Å². The molecule has 4 rings (SSSR count). The maximum Gasteiger partial charge on any atom is 0.408 e. The van der Waals surface area contributed by atoms with Crippen LogP contribution in [0, 0.1) is 11.6 Å². The monoisotopic (exact) mass is 509 g/mol. The Kier molecular flexibility index (Phi) is 7.11. The zero-order valence-corrected chi connectivity index (χ0v) is 21.3. The fourth-order valence-corrected chi connectivity index (χ4v) is 4.00. The quantitative estimate of drug-likeness (QED) is 0.345. The van der Waals surface area contributed by atoms with Crippen LogP contribution in [0.2, 0.25) is 0 Å². The summed E-state index contributed by atoms with van der Waals surface area (Å²) in [6.45, 7) is 9.19. The maximum atomic E-state index is 14.0. The number of nitrogens with one attached hydrogen (secondary N) is 1. The van der Waals surface area contributed by atoms with E-state index in [1.54, 1.807) is 39.1 Å². The molecule has 1 aromatic carbocycles. The highest BCUT2D eigenvalue weighted by Gasteiger charge is 2.28. The Morgan fingerprint density at radius 2 is 1.84 bits per heavy atom. The molecule has 0 saturated heterocycles. The number of aromatic hydroxyl groups is 1. The molecule has 1 atom stereocenters. The Labute approximate surface area is 213 Å². The Bertz CT molecular complexity index is 1410. The van der Waals surface area contributed by atoms with Crippen LogP contribution in [0.25, 0.3) is 16.8 Å². The van der Waals surface area contributed by atoms with Gasteiger partial charge in [0, 0.05) is 29.6 Å². The van der Waals surface area contributed by atoms with E-state index in [4.69, 9.17) is 4.74 Å². The van der Waals surface area contributed by atoms with Gasteiger partial charge < -0.3 is 15.2 Å². The molecule has 0 aliphatic rings. The molecule has 194 valence electrons. The highest BCUT2D eigenvalue weighted by atomic mass is 19.1. The number of hydrogen-bond donors (Lipinski definition) is 2. The van der Waals surface area contributed by atoms with Gasteiger partial charge in [-0.05, 0) is 56.9 Å². The fourth-order valence-electron chi connectivity index (χ4n) is 4.00. The first-order chi connectivity index (χ1) is 17.4. The molecule has 37 heavy (non-hydrogen) atoms. The molecule has 0 radical (unpaired) electrons. The van der Waals surface area contributed by atoms with E-state index in [-0.39, 0.29) is 35.0 Å². The standard InChI is InChI=1S/C27H29F2N5O3/c1-15(2)20-7-6-17(14-30-20)23-24(33-22-8-9-31-34(22)25(23)35)21(32-26(36)37-27(3,4)5)12-16-10-18(28)13-19(29)11-16/h6-11,13-15,21,35H,12H2,1-5H3,(H,32,36)/t21-/m0/s1. The highest BCUT2D eigenvalue weighted by molar-refractivity contribution is 5.74. The summed E-state index contributed by atoms with van der Waals surface area (Å²) in [4.78, 5) is 22.0. The molecule has 10 heteroatoms. The number of alkyl carbamates (subject to hydrolysis) is 1. The minimum Gasteiger partial charge on any atom is -0.493 e. The summed E-state index contributed by atoms with van der Waals surface area (Å²) in [7, 11) is 0. The third-order valence-electron chi connectivity index (χ3n) is 5.59. The van der Waals surface area contributed by atoms with Crippen LogP contribution >= 0.6 is 0 Å². The zero-order valence-electron chi connectivity index (χ0n) is 21.3. The van der Waals surface area contributed by atoms with Gasteiger partial charge in [0.25, 0.3) is 0 Å². The van der Waals surface area contributed by atoms with Gasteiger partial charge in [-0.2, -0.15) is 9.61 Å². The van der Waals surface area contributed by atoms with Crippen LogP contribution in [0.5, 0.6) is 5.88 Å². The van der Waals surface area contributed by atoms with Crippen molar-refractivity contribution in [2.75, 3.05) is 0 Å². The minimum absolute atomic E-state index is 0.0326. The third-order valence-corrected chi connectivity index (χ3v) is 5.59. The average Bonchev–Trinajstić information content (AvgIpc) is 3.26. The maximum absolute atomic E-state index is 14.0. The van der Waals surface area contributed by atoms with Crippen molar-refractivity contribution in [3.05, 3.63) is 77.4 Å². The number of benzene rings is 1. The van der Waals surface area contributed by atoms with Crippen LogP contribution in [0.4, 0.5) is 13.6 Å². The zero-order chi connectivity index (χ0) is 26.9. The van der Waals surface area contributed by atoms with Crippen LogP contribution in [0.1, 0.15) is 63.5 Å². The number of aromatic nitrogens is 4. The lowest BCUT2D eigenvalue weighted by molar-refractivity contribution is 0.0502. The predicted octanol–water partition coefficient (Wildman–Crippen LogP) is 5.71. The van der Waals surface area contributed by atoms with Gasteiger partial charge in [-0.15, -0.1) is 0 Å². The van der Waals surface area contributed by atoms with Gasteiger partial charge in [0.05, 0.1) is 23.5 Å². The number of fused-ring (bicyclic) bond motifs is 1. The van der Waals surface area contributed by atoms with E-state index in [0.717, 1.165) is 11.8 Å². The predicted molar refractivity (Wildman–Crippen MR) is 134 cm³/mol. The number of halogens is 2. The van der Waals surface area contributed by atoms with Crippen molar-refractivity contribution in [2.24, 2.45) is 0 Å². The number of carbonyl (C=O) groups excluding carboxylic acids is 1. The van der Waals surface area contributed by atoms with Gasteiger partial charge in [0.1, 0.15) is 17.2 Å². The topological polar surface area (TPSA) is 102 Å². The van der Waals surface area contributed by atoms with Crippen molar-refractivity contribution in [2.45, 2.75) is 58.6 Å². The molecule has 0 saturated carbocycles. The molecular weight excluding hydrogens is 480 g/mol. The molecule has 0 spiro atoms. The number of amides is 1. The molecule has 1 amide bonds. The number of pyridine rings is 1. The summed E-state index contributed by atoms with van der Waals surface area (Å²) < 4.78 is 34.7. The number of carbonyl (C=O) groups is 1. The molecule has 0 fully saturated rings. The number of hydrogen-bond acceptors (Lipinski definition) is 6. The summed E-state index contributed by atoms with van der Waals surface area (Å²) in [5, 5.41) is 18.2. The summed E-state index contributed by atoms with van der Waals surface area (Å²) in [6.07, 6.45) is 2.31. The third kappa shape index (κ3) is 6.02. The normalized spacial score (nSPS) is 12.6. The summed E-state index contributed by atoms with van der Waals surface area (Å²) in [6, 6.07) is 7.45. The van der Waals surface area contributed by atoms with Crippen LogP contribution in [0.3, 0.4) is 0 Å². The molecule has 2 N–H and O–H groups in total. The Hall–Kier alpha value is -4.08. The number of ether oxygens (including phenoxy) is 1. The van der Waals surface area contributed by atoms with Crippen LogP contribution in [-0.4, -0.2) is 36.4 Å². The smallest absolute Gasteiger partial charge is 0.408 e. The van der Waals surface area contributed by atoms with Gasteiger partial charge in [-0.1, -0.05) is 19.9 Å². The lowest BCUT2D eigenvalue weighted by Gasteiger charge is -2.25. The van der Waals surface area contributed by atoms with E-state index in [1.165, 1.54) is 22.8 Å². The summed E-state index contributed by atoms with van der Waals surface area (Å²) in [5.41, 5.74) is 1.75. The molecule has 0 aliphatic carbocycles. The Morgan fingerprint density at radius 3 is 2.43 bits per heavy atom. The second-order valence-electron chi connectivity index (χ2n) is 10.1. The second kappa shape index (κ2) is 10.1. The van der Waals surface area contributed by atoms with E-state index >= 15 is 0 Å². The minimum atomic E-state index is -0.929. The Balaban J connectivity index is 1.88. The first kappa shape index (κ1) is 26.0. The lowest BCUT2D eigenvalue weighted by atomic mass is 9.96. The molecule has 0 aliphatic heterocycles. The highest BCUT2D eigenvalue weighted by Crippen LogP contribution is 2.36. The van der Waals surface area contributed by atoms with Gasteiger partial charge in [-0.25, -0.2) is 18.6 Å². The lowest BCUT2D eigenvalue weighted by Crippen LogP contribution is -2.36. The van der Waals surface area contributed by atoms with Crippen molar-refractivity contribution in [1.29, 1.82) is 0 Å². The van der Waals surface area contributed by atoms with Crippen LogP contribution in [-0.2, 0) is 11.2 Å². The largest absolute Gasteiger partial charge is 0.493 e. The van der Waals surface area contributed by atoms with Crippen LogP contribution < -0.4 is 5.32 Å². The summed E-state index contributed by atoms with van der Waals surface area (Å²) >= 11 is 0. The second-order valence-corrected chi connectivity index (χ2v) is 10.1. The van der Waals surface area contributed by atoms with E-state index in [1.807, 2.05) is 19.9 Å². The SMILES string of the molecule is CC(C)c1ccc(-c2c([C@H](Cc3cc(F)cc(F)c3)NC(=O)OC(C)(C)C)nc3ccnn3c2O)cn1. The number of nitrogens with zero attached hydrogens (tertiary/aromatic N) is 4. The van der Waals surface area contributed by atoms with Crippen molar-refractivity contribution in [3.63, 3.8) is 0 Å². The van der Waals surface area contributed by atoms with Gasteiger partial charge in [0.2, 0.25) is 5.88 Å². The molecule has 0 unspecified atom stereocenters. The van der Waals surface area contributed by atoms with Crippen molar-refractivity contribution < 1.29 is 23.4 Å². The van der Waals surface area contributed by atoms with Crippen molar-refractivity contribution in [3.8, 4) is 17.0 Å². The van der Waals surface area contributed by atoms with E-state index in [2.05, 4.69) is 20.4 Å². The summed E-state index contributed by atoms with van der Waals surface area (Å²) in [5.74, 6) is -1.52. The van der Waals surface area contributed by atoms with Gasteiger partial charge in [0.15, 0.2) is 5.65 Å². The first-order valence-electron chi connectivity index (χ1n) is 11.9. The average molecular weight is 510 g/mol. The Morgan fingerprint density at radius 1 is 1.14 bits per heavy atom. The van der Waals surface area contributed by atoms with Crippen molar-refractivity contribution >= 4 is 11.7 Å². The molecule has 3 heterocycles. The molecule has 8 nitrogen and oxygen atoms in total. The molecule has 0 bridgehead atoms. The van der Waals surface area contributed by atoms with Crippen LogP contribution in [0.15, 0.2) is 48.8 Å². The van der Waals surface area contributed by atoms with Crippen molar-refractivity contribution in [1.82, 2.24) is 24.9 Å². The molecular formula is C27H29F2N5O3. The van der Waals surface area contributed by atoms with E-state index in [9.17, 15) is 18.7 Å². The van der Waals surface area contributed by atoms with Gasteiger partial charge in [-0.3, -0.25) is 4.98 Å². The van der Waals surface area contributed by atoms with E-state index in [0.29, 0.717) is 11.2 Å².